The first-order valence-electron chi connectivity index (χ1n) is 10.5. The summed E-state index contributed by atoms with van der Waals surface area (Å²) in [5, 5.41) is 3.00. The first-order valence-corrected chi connectivity index (χ1v) is 10.5. The number of carbonyl (C=O) groups is 1. The minimum atomic E-state index is -0.0822. The van der Waals surface area contributed by atoms with Crippen LogP contribution in [0.25, 0.3) is 0 Å². The summed E-state index contributed by atoms with van der Waals surface area (Å²) in [6, 6.07) is 11.7. The molecule has 0 saturated carbocycles. The molecule has 160 valence electrons. The predicted molar refractivity (Wildman–Crippen MR) is 119 cm³/mol. The van der Waals surface area contributed by atoms with Gasteiger partial charge < -0.3 is 19.9 Å². The topological polar surface area (TPSA) is 83.5 Å². The van der Waals surface area contributed by atoms with Crippen molar-refractivity contribution in [3.63, 3.8) is 0 Å². The van der Waals surface area contributed by atoms with Gasteiger partial charge in [-0.2, -0.15) is 0 Å². The molecule has 1 aliphatic heterocycles. The Bertz CT molecular complexity index is 1010. The summed E-state index contributed by atoms with van der Waals surface area (Å²) in [5.41, 5.74) is 3.04. The number of nitrogens with one attached hydrogen (secondary N) is 1. The van der Waals surface area contributed by atoms with Crippen LogP contribution < -0.4 is 15.0 Å². The van der Waals surface area contributed by atoms with E-state index in [0.29, 0.717) is 44.5 Å². The fourth-order valence-corrected chi connectivity index (χ4v) is 3.46. The Hall–Kier alpha value is -3.68. The van der Waals surface area contributed by atoms with Crippen LogP contribution in [0.3, 0.4) is 0 Å². The van der Waals surface area contributed by atoms with Crippen LogP contribution in [0.5, 0.6) is 5.88 Å². The van der Waals surface area contributed by atoms with E-state index in [2.05, 4.69) is 38.2 Å². The van der Waals surface area contributed by atoms with Gasteiger partial charge in [-0.15, -0.1) is 0 Å². The number of pyridine rings is 1. The highest BCUT2D eigenvalue weighted by Gasteiger charge is 2.24. The molecule has 1 N–H and O–H groups in total. The number of benzene rings is 1. The first kappa shape index (κ1) is 20.6. The van der Waals surface area contributed by atoms with E-state index >= 15 is 0 Å². The standard InChI is InChI=1S/C23H26N6O2/c1-2-18-4-3-5-20(16-18)27-23(30)29-14-12-28(13-15-29)21-22(26-11-10-25-21)31-17-19-6-8-24-9-7-19/h3-11,16H,2,12-15,17H2,1H3,(H,27,30). The number of urea groups is 1. The number of hydrogen-bond acceptors (Lipinski definition) is 6. The van der Waals surface area contributed by atoms with Crippen molar-refractivity contribution in [1.29, 1.82) is 0 Å². The molecule has 0 unspecified atom stereocenters. The fraction of sp³-hybridized carbons (Fsp3) is 0.304. The van der Waals surface area contributed by atoms with Crippen LogP contribution in [0.2, 0.25) is 0 Å². The Morgan fingerprint density at radius 1 is 1.00 bits per heavy atom. The van der Waals surface area contributed by atoms with Crippen molar-refractivity contribution in [3.8, 4) is 5.88 Å². The second-order valence-corrected chi connectivity index (χ2v) is 7.29. The molecular formula is C23H26N6O2. The molecule has 4 rings (SSSR count). The molecule has 2 aromatic heterocycles. The minimum Gasteiger partial charge on any atom is -0.470 e. The Labute approximate surface area is 181 Å². The highest BCUT2D eigenvalue weighted by molar-refractivity contribution is 5.89. The normalized spacial score (nSPS) is 13.7. The van der Waals surface area contributed by atoms with Crippen molar-refractivity contribution in [2.75, 3.05) is 36.4 Å². The minimum absolute atomic E-state index is 0.0822. The van der Waals surface area contributed by atoms with Gasteiger partial charge in [0.2, 0.25) is 0 Å². The van der Waals surface area contributed by atoms with Crippen molar-refractivity contribution >= 4 is 17.5 Å². The highest BCUT2D eigenvalue weighted by Crippen LogP contribution is 2.25. The Morgan fingerprint density at radius 2 is 1.77 bits per heavy atom. The smallest absolute Gasteiger partial charge is 0.321 e. The number of hydrogen-bond donors (Lipinski definition) is 1. The van der Waals surface area contributed by atoms with E-state index in [0.717, 1.165) is 17.7 Å². The van der Waals surface area contributed by atoms with Gasteiger partial charge in [-0.3, -0.25) is 4.98 Å². The molecule has 0 spiro atoms. The zero-order valence-electron chi connectivity index (χ0n) is 17.6. The van der Waals surface area contributed by atoms with E-state index in [9.17, 15) is 4.79 Å². The van der Waals surface area contributed by atoms with Gasteiger partial charge in [-0.25, -0.2) is 14.8 Å². The van der Waals surface area contributed by atoms with E-state index in [1.807, 2.05) is 35.2 Å². The van der Waals surface area contributed by atoms with Crippen LogP contribution in [0, 0.1) is 0 Å². The summed E-state index contributed by atoms with van der Waals surface area (Å²) < 4.78 is 5.92. The van der Waals surface area contributed by atoms with Gasteiger partial charge >= 0.3 is 6.03 Å². The summed E-state index contributed by atoms with van der Waals surface area (Å²) in [5.74, 6) is 1.20. The molecular weight excluding hydrogens is 392 g/mol. The van der Waals surface area contributed by atoms with E-state index < -0.39 is 0 Å². The van der Waals surface area contributed by atoms with Crippen molar-refractivity contribution in [3.05, 3.63) is 72.3 Å². The van der Waals surface area contributed by atoms with Crippen molar-refractivity contribution < 1.29 is 9.53 Å². The number of carbonyl (C=O) groups excluding carboxylic acids is 1. The molecule has 0 radical (unpaired) electrons. The SMILES string of the molecule is CCc1cccc(NC(=O)N2CCN(c3nccnc3OCc3ccncc3)CC2)c1. The zero-order valence-corrected chi connectivity index (χ0v) is 17.6. The van der Waals surface area contributed by atoms with E-state index in [1.165, 1.54) is 5.56 Å². The van der Waals surface area contributed by atoms with Crippen molar-refractivity contribution in [1.82, 2.24) is 19.9 Å². The maximum Gasteiger partial charge on any atom is 0.321 e. The highest BCUT2D eigenvalue weighted by atomic mass is 16.5. The Balaban J connectivity index is 1.35. The molecule has 8 heteroatoms. The molecule has 0 atom stereocenters. The number of rotatable bonds is 6. The van der Waals surface area contributed by atoms with Crippen LogP contribution in [-0.4, -0.2) is 52.1 Å². The number of ether oxygens (including phenoxy) is 1. The maximum atomic E-state index is 12.7. The van der Waals surface area contributed by atoms with E-state index in [4.69, 9.17) is 4.74 Å². The first-order chi connectivity index (χ1) is 15.2. The Kier molecular flexibility index (Phi) is 6.56. The monoisotopic (exact) mass is 418 g/mol. The molecule has 31 heavy (non-hydrogen) atoms. The number of amides is 2. The molecule has 8 nitrogen and oxygen atoms in total. The summed E-state index contributed by atoms with van der Waals surface area (Å²) in [6.07, 6.45) is 7.69. The van der Waals surface area contributed by atoms with Gasteiger partial charge in [0.1, 0.15) is 6.61 Å². The maximum absolute atomic E-state index is 12.7. The summed E-state index contributed by atoms with van der Waals surface area (Å²) in [7, 11) is 0. The molecule has 0 bridgehead atoms. The van der Waals surface area contributed by atoms with Gasteiger partial charge in [0, 0.05) is 56.7 Å². The third kappa shape index (κ3) is 5.28. The van der Waals surface area contributed by atoms with Gasteiger partial charge in [0.15, 0.2) is 5.82 Å². The number of nitrogens with zero attached hydrogens (tertiary/aromatic N) is 5. The van der Waals surface area contributed by atoms with Crippen LogP contribution in [0.15, 0.2) is 61.2 Å². The summed E-state index contributed by atoms with van der Waals surface area (Å²) in [6.45, 7) is 5.01. The largest absolute Gasteiger partial charge is 0.470 e. The third-order valence-electron chi connectivity index (χ3n) is 5.22. The number of aromatic nitrogens is 3. The van der Waals surface area contributed by atoms with Crippen molar-refractivity contribution in [2.45, 2.75) is 20.0 Å². The second-order valence-electron chi connectivity index (χ2n) is 7.29. The summed E-state index contributed by atoms with van der Waals surface area (Å²) in [4.78, 5) is 29.5. The molecule has 3 aromatic rings. The molecule has 1 saturated heterocycles. The Morgan fingerprint density at radius 3 is 2.55 bits per heavy atom. The summed E-state index contributed by atoms with van der Waals surface area (Å²) >= 11 is 0. The van der Waals surface area contributed by atoms with Gasteiger partial charge in [-0.05, 0) is 41.8 Å². The van der Waals surface area contributed by atoms with E-state index in [1.54, 1.807) is 24.8 Å². The zero-order chi connectivity index (χ0) is 21.5. The molecule has 1 aromatic carbocycles. The fourth-order valence-electron chi connectivity index (χ4n) is 3.46. The van der Waals surface area contributed by atoms with Gasteiger partial charge in [0.25, 0.3) is 5.88 Å². The third-order valence-corrected chi connectivity index (χ3v) is 5.22. The quantitative estimate of drug-likeness (QED) is 0.661. The lowest BCUT2D eigenvalue weighted by Crippen LogP contribution is -2.50. The average Bonchev–Trinajstić information content (AvgIpc) is 2.84. The van der Waals surface area contributed by atoms with Crippen LogP contribution >= 0.6 is 0 Å². The number of piperazine rings is 1. The predicted octanol–water partition coefficient (Wildman–Crippen LogP) is 3.37. The van der Waals surface area contributed by atoms with Crippen molar-refractivity contribution in [2.24, 2.45) is 0 Å². The van der Waals surface area contributed by atoms with Gasteiger partial charge in [0.05, 0.1) is 0 Å². The molecule has 1 fully saturated rings. The van der Waals surface area contributed by atoms with Crippen LogP contribution in [-0.2, 0) is 13.0 Å². The lowest BCUT2D eigenvalue weighted by Gasteiger charge is -2.35. The lowest BCUT2D eigenvalue weighted by molar-refractivity contribution is 0.207. The molecule has 2 amide bonds. The van der Waals surface area contributed by atoms with Crippen LogP contribution in [0.4, 0.5) is 16.3 Å². The second kappa shape index (κ2) is 9.88. The van der Waals surface area contributed by atoms with Crippen LogP contribution in [0.1, 0.15) is 18.1 Å². The molecule has 0 aliphatic carbocycles. The van der Waals surface area contributed by atoms with E-state index in [-0.39, 0.29) is 6.03 Å². The molecule has 3 heterocycles. The number of anilines is 2. The average molecular weight is 419 g/mol. The molecule has 1 aliphatic rings. The lowest BCUT2D eigenvalue weighted by atomic mass is 10.1. The van der Waals surface area contributed by atoms with Gasteiger partial charge in [-0.1, -0.05) is 19.1 Å². The number of aryl methyl sites for hydroxylation is 1.